The van der Waals surface area contributed by atoms with Crippen LogP contribution >= 0.6 is 11.8 Å². The van der Waals surface area contributed by atoms with Gasteiger partial charge in [0.05, 0.1) is 17.7 Å². The van der Waals surface area contributed by atoms with E-state index in [1.807, 2.05) is 6.07 Å². The van der Waals surface area contributed by atoms with Crippen LogP contribution < -0.4 is 0 Å². The van der Waals surface area contributed by atoms with Gasteiger partial charge in [-0.1, -0.05) is 23.9 Å². The Hall–Kier alpha value is -1.35. The van der Waals surface area contributed by atoms with E-state index in [2.05, 4.69) is 0 Å². The number of hydrogen-bond acceptors (Lipinski definition) is 5. The molecule has 2 N–H and O–H groups in total. The number of rotatable bonds is 5. The zero-order valence-electron chi connectivity index (χ0n) is 10.0. The number of hydrogen-bond donors (Lipinski definition) is 2. The lowest BCUT2D eigenvalue weighted by Gasteiger charge is -2.17. The second-order valence-corrected chi connectivity index (χ2v) is 5.15. The molecule has 0 radical (unpaired) electrons. The van der Waals surface area contributed by atoms with Crippen LogP contribution in [0.3, 0.4) is 0 Å². The average Bonchev–Trinajstić information content (AvgIpc) is 2.37. The molecule has 0 aliphatic carbocycles. The van der Waals surface area contributed by atoms with Crippen LogP contribution in [0, 0.1) is 11.3 Å². The lowest BCUT2D eigenvalue weighted by atomic mass is 10.0. The highest BCUT2D eigenvalue weighted by molar-refractivity contribution is 8.13. The molecule has 0 aliphatic rings. The first-order valence-corrected chi connectivity index (χ1v) is 6.52. The molecule has 0 fully saturated rings. The largest absolute Gasteiger partial charge is 0.390 e. The van der Waals surface area contributed by atoms with Gasteiger partial charge in [0.2, 0.25) is 0 Å². The molecule has 1 aromatic rings. The maximum absolute atomic E-state index is 10.7. The summed E-state index contributed by atoms with van der Waals surface area (Å²) in [5.41, 5.74) is 0.950. The lowest BCUT2D eigenvalue weighted by Crippen LogP contribution is -2.19. The van der Waals surface area contributed by atoms with Crippen molar-refractivity contribution in [3.05, 3.63) is 35.4 Å². The van der Waals surface area contributed by atoms with Crippen molar-refractivity contribution in [1.29, 1.82) is 5.26 Å². The zero-order valence-corrected chi connectivity index (χ0v) is 10.9. The second-order valence-electron chi connectivity index (χ2n) is 3.88. The molecule has 4 nitrogen and oxygen atoms in total. The monoisotopic (exact) mass is 265 g/mol. The Bertz CT molecular complexity index is 456. The van der Waals surface area contributed by atoms with Gasteiger partial charge in [-0.3, -0.25) is 4.79 Å². The summed E-state index contributed by atoms with van der Waals surface area (Å²) in [7, 11) is 0. The number of benzene rings is 1. The molecule has 0 saturated carbocycles. The van der Waals surface area contributed by atoms with Gasteiger partial charge in [-0.25, -0.2) is 0 Å². The second kappa shape index (κ2) is 7.17. The van der Waals surface area contributed by atoms with E-state index in [-0.39, 0.29) is 5.12 Å². The van der Waals surface area contributed by atoms with E-state index >= 15 is 0 Å². The van der Waals surface area contributed by atoms with E-state index in [1.54, 1.807) is 24.3 Å². The van der Waals surface area contributed by atoms with Gasteiger partial charge in [0.25, 0.3) is 0 Å². The van der Waals surface area contributed by atoms with Crippen molar-refractivity contribution in [2.45, 2.75) is 25.6 Å². The summed E-state index contributed by atoms with van der Waals surface area (Å²) >= 11 is 1.12. The van der Waals surface area contributed by atoms with Crippen molar-refractivity contribution in [3.8, 4) is 6.07 Å². The van der Waals surface area contributed by atoms with E-state index in [0.717, 1.165) is 11.8 Å². The number of aliphatic hydroxyl groups excluding tert-OH is 2. The van der Waals surface area contributed by atoms with E-state index in [9.17, 15) is 15.0 Å². The maximum atomic E-state index is 10.7. The topological polar surface area (TPSA) is 81.3 Å². The van der Waals surface area contributed by atoms with Crippen LogP contribution in [0.25, 0.3) is 0 Å². The minimum Gasteiger partial charge on any atom is -0.390 e. The van der Waals surface area contributed by atoms with Gasteiger partial charge in [0.15, 0.2) is 5.12 Å². The summed E-state index contributed by atoms with van der Waals surface area (Å²) in [5.74, 6) is 0.464. The fraction of sp³-hybridized carbons (Fsp3) is 0.385. The molecule has 0 aromatic heterocycles. The van der Waals surface area contributed by atoms with E-state index in [4.69, 9.17) is 5.26 Å². The van der Waals surface area contributed by atoms with Crippen LogP contribution in [-0.2, 0) is 4.79 Å². The molecule has 18 heavy (non-hydrogen) atoms. The Balaban J connectivity index is 2.59. The minimum absolute atomic E-state index is 0.0110. The molecule has 0 bridgehead atoms. The van der Waals surface area contributed by atoms with Gasteiger partial charge >= 0.3 is 0 Å². The van der Waals surface area contributed by atoms with Crippen LogP contribution in [0.4, 0.5) is 0 Å². The smallest absolute Gasteiger partial charge is 0.185 e. The van der Waals surface area contributed by atoms with Gasteiger partial charge < -0.3 is 10.2 Å². The number of nitriles is 1. The predicted octanol–water partition coefficient (Wildman–Crippen LogP) is 1.62. The van der Waals surface area contributed by atoms with Crippen LogP contribution in [0.5, 0.6) is 0 Å². The third kappa shape index (κ3) is 4.49. The summed E-state index contributed by atoms with van der Waals surface area (Å²) in [6.07, 6.45) is -1.65. The number of thioether (sulfide) groups is 1. The van der Waals surface area contributed by atoms with Crippen LogP contribution in [0.2, 0.25) is 0 Å². The summed E-state index contributed by atoms with van der Waals surface area (Å²) in [4.78, 5) is 10.7. The first-order chi connectivity index (χ1) is 8.54. The fourth-order valence-electron chi connectivity index (χ4n) is 1.50. The molecule has 0 spiro atoms. The summed E-state index contributed by atoms with van der Waals surface area (Å²) in [6.45, 7) is 1.46. The number of carbonyl (C=O) groups is 1. The highest BCUT2D eigenvalue weighted by Gasteiger charge is 2.18. The summed E-state index contributed by atoms with van der Waals surface area (Å²) in [5, 5.41) is 28.4. The van der Waals surface area contributed by atoms with Gasteiger partial charge in [-0.15, -0.1) is 0 Å². The molecule has 0 heterocycles. The number of carbonyl (C=O) groups excluding carboxylic acids is 1. The molecule has 96 valence electrons. The first kappa shape index (κ1) is 14.7. The fourth-order valence-corrected chi connectivity index (χ4v) is 2.14. The molecule has 1 rings (SSSR count). The lowest BCUT2D eigenvalue weighted by molar-refractivity contribution is -0.109. The Kier molecular flexibility index (Phi) is 5.86. The Morgan fingerprint density at radius 1 is 1.50 bits per heavy atom. The van der Waals surface area contributed by atoms with Crippen LogP contribution in [0.15, 0.2) is 24.3 Å². The third-order valence-corrected chi connectivity index (χ3v) is 3.29. The molecule has 0 saturated heterocycles. The van der Waals surface area contributed by atoms with Crippen LogP contribution in [-0.4, -0.2) is 27.2 Å². The summed E-state index contributed by atoms with van der Waals surface area (Å²) < 4.78 is 0. The Morgan fingerprint density at radius 2 is 2.22 bits per heavy atom. The van der Waals surface area contributed by atoms with Crippen molar-refractivity contribution < 1.29 is 15.0 Å². The van der Waals surface area contributed by atoms with Gasteiger partial charge in [0.1, 0.15) is 6.10 Å². The van der Waals surface area contributed by atoms with Crippen molar-refractivity contribution in [1.82, 2.24) is 0 Å². The molecular weight excluding hydrogens is 250 g/mol. The highest BCUT2D eigenvalue weighted by atomic mass is 32.2. The molecular formula is C13H15NO3S. The van der Waals surface area contributed by atoms with E-state index < -0.39 is 12.2 Å². The first-order valence-electron chi connectivity index (χ1n) is 5.54. The predicted molar refractivity (Wildman–Crippen MR) is 69.9 cm³/mol. The molecule has 5 heteroatoms. The number of aliphatic hydroxyl groups is 2. The quantitative estimate of drug-likeness (QED) is 0.845. The van der Waals surface area contributed by atoms with E-state index in [0.29, 0.717) is 23.3 Å². The van der Waals surface area contributed by atoms with Crippen molar-refractivity contribution in [2.75, 3.05) is 5.75 Å². The van der Waals surface area contributed by atoms with Crippen molar-refractivity contribution >= 4 is 16.9 Å². The maximum Gasteiger partial charge on any atom is 0.185 e. The molecule has 0 aliphatic heterocycles. The number of nitrogens with zero attached hydrogens (tertiary/aromatic N) is 1. The summed E-state index contributed by atoms with van der Waals surface area (Å²) in [6, 6.07) is 8.48. The highest BCUT2D eigenvalue weighted by Crippen LogP contribution is 2.21. The molecule has 2 atom stereocenters. The van der Waals surface area contributed by atoms with Crippen LogP contribution in [0.1, 0.15) is 30.6 Å². The van der Waals surface area contributed by atoms with Gasteiger partial charge in [-0.05, 0) is 24.1 Å². The SMILES string of the molecule is CC(=O)SCCC(O)C(O)c1cccc(C#N)c1. The standard InChI is InChI=1S/C13H15NO3S/c1-9(15)18-6-5-12(16)13(17)11-4-2-3-10(7-11)8-14/h2-4,7,12-13,16-17H,5-6H2,1H3. The minimum atomic E-state index is -1.04. The van der Waals surface area contributed by atoms with Crippen molar-refractivity contribution in [3.63, 3.8) is 0 Å². The normalized spacial score (nSPS) is 13.7. The molecule has 0 amide bonds. The van der Waals surface area contributed by atoms with E-state index in [1.165, 1.54) is 6.92 Å². The van der Waals surface area contributed by atoms with Crippen molar-refractivity contribution in [2.24, 2.45) is 0 Å². The third-order valence-electron chi connectivity index (χ3n) is 2.44. The molecule has 1 aromatic carbocycles. The molecule has 2 unspecified atom stereocenters. The van der Waals surface area contributed by atoms with Gasteiger partial charge in [0, 0.05) is 12.7 Å². The Morgan fingerprint density at radius 3 is 2.83 bits per heavy atom. The average molecular weight is 265 g/mol. The Labute approximate surface area is 110 Å². The zero-order chi connectivity index (χ0) is 13.5. The van der Waals surface area contributed by atoms with Gasteiger partial charge in [-0.2, -0.15) is 5.26 Å².